The lowest BCUT2D eigenvalue weighted by Crippen LogP contribution is -2.68. The molecule has 0 spiro atoms. The Kier molecular flexibility index (Phi) is 4.21. The van der Waals surface area contributed by atoms with Crippen LogP contribution in [0.2, 0.25) is 0 Å². The fraction of sp³-hybridized carbons (Fsp3) is 0.870. The largest absolute Gasteiger partial charge is 0.393 e. The van der Waals surface area contributed by atoms with Crippen LogP contribution in [0.15, 0.2) is 11.6 Å². The molecule has 0 aromatic rings. The molecule has 0 amide bonds. The Hall–Kier alpha value is -0.750. The van der Waals surface area contributed by atoms with Crippen molar-refractivity contribution in [1.29, 1.82) is 0 Å². The van der Waals surface area contributed by atoms with Crippen molar-refractivity contribution < 1.29 is 24.9 Å². The van der Waals surface area contributed by atoms with Gasteiger partial charge in [-0.15, -0.1) is 0 Å². The first-order valence-corrected chi connectivity index (χ1v) is 11.2. The predicted molar refractivity (Wildman–Crippen MR) is 103 cm³/mol. The molecule has 8 atom stereocenters. The van der Waals surface area contributed by atoms with E-state index in [1.165, 1.54) is 5.57 Å². The first kappa shape index (κ1) is 19.2. The maximum Gasteiger partial charge on any atom is 0.129 e. The van der Waals surface area contributed by atoms with Crippen molar-refractivity contribution in [3.05, 3.63) is 11.6 Å². The number of carbonyl (C=O) groups excluding carboxylic acids is 1. The van der Waals surface area contributed by atoms with Crippen molar-refractivity contribution in [1.82, 2.24) is 0 Å². The molecule has 5 aliphatic rings. The highest BCUT2D eigenvalue weighted by Crippen LogP contribution is 2.70. The summed E-state index contributed by atoms with van der Waals surface area (Å²) in [7, 11) is 0. The van der Waals surface area contributed by atoms with Crippen molar-refractivity contribution >= 4 is 6.29 Å². The van der Waals surface area contributed by atoms with E-state index >= 15 is 0 Å². The molecular formula is C23H34O5. The van der Waals surface area contributed by atoms with Crippen LogP contribution in [0.25, 0.3) is 0 Å². The minimum Gasteiger partial charge on any atom is -0.393 e. The maximum atomic E-state index is 12.5. The molecule has 4 aliphatic carbocycles. The second-order valence-corrected chi connectivity index (χ2v) is 10.6. The Balaban J connectivity index is 1.52. The van der Waals surface area contributed by atoms with Crippen molar-refractivity contribution in [2.45, 2.75) is 82.0 Å². The average molecular weight is 391 g/mol. The number of hydrogen-bond donors (Lipinski definition) is 3. The van der Waals surface area contributed by atoms with Crippen LogP contribution < -0.4 is 0 Å². The summed E-state index contributed by atoms with van der Waals surface area (Å²) in [6, 6.07) is 0. The number of carbonyl (C=O) groups is 1. The molecule has 0 aromatic carbocycles. The summed E-state index contributed by atoms with van der Waals surface area (Å²) in [4.78, 5) is 12.5. The van der Waals surface area contributed by atoms with E-state index in [4.69, 9.17) is 4.74 Å². The molecule has 5 rings (SSSR count). The average Bonchev–Trinajstić information content (AvgIpc) is 3.27. The van der Waals surface area contributed by atoms with Gasteiger partial charge < -0.3 is 24.9 Å². The maximum absolute atomic E-state index is 12.5. The normalized spacial score (nSPS) is 55.8. The molecule has 28 heavy (non-hydrogen) atoms. The molecule has 156 valence electrons. The molecule has 0 radical (unpaired) electrons. The smallest absolute Gasteiger partial charge is 0.129 e. The van der Waals surface area contributed by atoms with Gasteiger partial charge >= 0.3 is 0 Å². The molecule has 1 heterocycles. The monoisotopic (exact) mass is 390 g/mol. The zero-order valence-electron chi connectivity index (χ0n) is 16.9. The van der Waals surface area contributed by atoms with E-state index in [9.17, 15) is 20.1 Å². The second kappa shape index (κ2) is 6.13. The number of aldehydes is 1. The van der Waals surface area contributed by atoms with E-state index in [0.717, 1.165) is 38.4 Å². The topological polar surface area (TPSA) is 87.0 Å². The van der Waals surface area contributed by atoms with E-state index in [0.29, 0.717) is 38.4 Å². The summed E-state index contributed by atoms with van der Waals surface area (Å²) < 4.78 is 5.58. The van der Waals surface area contributed by atoms with Gasteiger partial charge in [-0.3, -0.25) is 0 Å². The van der Waals surface area contributed by atoms with E-state index in [1.807, 2.05) is 0 Å². The lowest BCUT2D eigenvalue weighted by Gasteiger charge is -2.65. The molecule has 1 aliphatic heterocycles. The van der Waals surface area contributed by atoms with Crippen LogP contribution in [0.4, 0.5) is 0 Å². The van der Waals surface area contributed by atoms with Crippen LogP contribution in [0, 0.1) is 28.6 Å². The Morgan fingerprint density at radius 2 is 1.86 bits per heavy atom. The Morgan fingerprint density at radius 3 is 2.57 bits per heavy atom. The molecular weight excluding hydrogens is 356 g/mol. The zero-order chi connectivity index (χ0) is 19.8. The van der Waals surface area contributed by atoms with Crippen LogP contribution in [0.1, 0.15) is 64.7 Å². The van der Waals surface area contributed by atoms with Gasteiger partial charge in [0.1, 0.15) is 6.29 Å². The van der Waals surface area contributed by atoms with Gasteiger partial charge in [-0.25, -0.2) is 0 Å². The number of aliphatic hydroxyl groups is 3. The van der Waals surface area contributed by atoms with E-state index in [-0.39, 0.29) is 23.7 Å². The molecule has 4 fully saturated rings. The van der Waals surface area contributed by atoms with Crippen molar-refractivity contribution in [2.75, 3.05) is 13.2 Å². The van der Waals surface area contributed by atoms with Gasteiger partial charge in [0.2, 0.25) is 0 Å². The van der Waals surface area contributed by atoms with Crippen molar-refractivity contribution in [2.24, 2.45) is 28.6 Å². The minimum atomic E-state index is -1.13. The molecule has 5 nitrogen and oxygen atoms in total. The lowest BCUT2D eigenvalue weighted by atomic mass is 9.41. The fourth-order valence-corrected chi connectivity index (χ4v) is 8.39. The third kappa shape index (κ3) is 2.19. The number of ether oxygens (including phenoxy) is 1. The van der Waals surface area contributed by atoms with Crippen LogP contribution in [0.5, 0.6) is 0 Å². The van der Waals surface area contributed by atoms with Crippen LogP contribution in [-0.4, -0.2) is 52.1 Å². The number of rotatable bonds is 2. The van der Waals surface area contributed by atoms with Crippen molar-refractivity contribution in [3.63, 3.8) is 0 Å². The molecule has 0 aromatic heterocycles. The third-order valence-electron chi connectivity index (χ3n) is 9.90. The fourth-order valence-electron chi connectivity index (χ4n) is 8.39. The first-order chi connectivity index (χ1) is 13.3. The van der Waals surface area contributed by atoms with Gasteiger partial charge in [-0.1, -0.05) is 13.0 Å². The number of fused-ring (bicyclic) bond motifs is 5. The summed E-state index contributed by atoms with van der Waals surface area (Å²) >= 11 is 0. The molecule has 3 N–H and O–H groups in total. The highest BCUT2D eigenvalue weighted by molar-refractivity contribution is 5.64. The summed E-state index contributed by atoms with van der Waals surface area (Å²) in [6.45, 7) is 3.61. The van der Waals surface area contributed by atoms with Gasteiger partial charge in [0.05, 0.1) is 35.9 Å². The summed E-state index contributed by atoms with van der Waals surface area (Å²) in [5.41, 5.74) is -1.59. The summed E-state index contributed by atoms with van der Waals surface area (Å²) in [5, 5.41) is 33.8. The molecule has 0 saturated heterocycles. The van der Waals surface area contributed by atoms with Gasteiger partial charge in [0.25, 0.3) is 0 Å². The summed E-state index contributed by atoms with van der Waals surface area (Å²) in [6.07, 6.45) is 8.77. The van der Waals surface area contributed by atoms with Crippen LogP contribution in [0.3, 0.4) is 0 Å². The van der Waals surface area contributed by atoms with E-state index in [1.54, 1.807) is 0 Å². The summed E-state index contributed by atoms with van der Waals surface area (Å²) in [5.74, 6) is 0.392. The standard InChI is InChI=1S/C23H34O5/c1-20-7-3-18-19(23(20,27)10-5-17(20)15-6-11-28-13-15)4-9-22(26)12-16(25)2-8-21(18,22)14-24/h6,14,16-19,25-27H,2-5,7-13H2,1H3/t16-,17+,18-,19+,20+,21-,22-,23-/m0/s1. The second-order valence-electron chi connectivity index (χ2n) is 10.6. The Labute approximate surface area is 167 Å². The molecule has 0 unspecified atom stereocenters. The molecule has 5 heteroatoms. The van der Waals surface area contributed by atoms with Gasteiger partial charge in [-0.2, -0.15) is 0 Å². The predicted octanol–water partition coefficient (Wildman–Crippen LogP) is 2.37. The number of aliphatic hydroxyl groups excluding tert-OH is 1. The number of hydrogen-bond acceptors (Lipinski definition) is 5. The third-order valence-corrected chi connectivity index (χ3v) is 9.90. The van der Waals surface area contributed by atoms with Crippen LogP contribution in [-0.2, 0) is 9.53 Å². The highest BCUT2D eigenvalue weighted by atomic mass is 16.5. The van der Waals surface area contributed by atoms with E-state index in [2.05, 4.69) is 13.0 Å². The zero-order valence-corrected chi connectivity index (χ0v) is 16.9. The first-order valence-electron chi connectivity index (χ1n) is 11.2. The van der Waals surface area contributed by atoms with Crippen molar-refractivity contribution in [3.8, 4) is 0 Å². The highest BCUT2D eigenvalue weighted by Gasteiger charge is 2.71. The molecule has 0 bridgehead atoms. The molecule has 4 saturated carbocycles. The minimum absolute atomic E-state index is 0.00174. The van der Waals surface area contributed by atoms with Gasteiger partial charge in [0.15, 0.2) is 0 Å². The Morgan fingerprint density at radius 1 is 1.07 bits per heavy atom. The van der Waals surface area contributed by atoms with E-state index < -0.39 is 22.7 Å². The lowest BCUT2D eigenvalue weighted by molar-refractivity contribution is -0.248. The quantitative estimate of drug-likeness (QED) is 0.498. The van der Waals surface area contributed by atoms with Gasteiger partial charge in [-0.05, 0) is 74.7 Å². The Bertz CT molecular complexity index is 705. The van der Waals surface area contributed by atoms with Gasteiger partial charge in [0, 0.05) is 11.8 Å². The van der Waals surface area contributed by atoms with Crippen LogP contribution >= 0.6 is 0 Å². The SMILES string of the molecule is C[C@]12CC[C@H]3[C@@H](CC[C@]4(O)C[C@@H](O)CC[C@]34C=O)[C@@]1(O)CC[C@@H]2C1=CCOC1.